The van der Waals surface area contributed by atoms with Crippen molar-refractivity contribution in [1.29, 1.82) is 0 Å². The number of nitrogens with one attached hydrogen (secondary N) is 2. The lowest BCUT2D eigenvalue weighted by atomic mass is 9.79. The molecular formula is C28H20N2O3. The van der Waals surface area contributed by atoms with Gasteiger partial charge >= 0.3 is 5.63 Å². The first kappa shape index (κ1) is 19.3. The molecule has 2 heterocycles. The normalized spacial score (nSPS) is 14.4. The van der Waals surface area contributed by atoms with E-state index in [-0.39, 0.29) is 17.5 Å². The highest BCUT2D eigenvalue weighted by Gasteiger charge is 2.33. The zero-order chi connectivity index (χ0) is 22.5. The van der Waals surface area contributed by atoms with Crippen molar-refractivity contribution in [2.45, 2.75) is 12.8 Å². The van der Waals surface area contributed by atoms with Crippen LogP contribution in [0.1, 0.15) is 29.5 Å². The summed E-state index contributed by atoms with van der Waals surface area (Å²) in [7, 11) is 0. The van der Waals surface area contributed by atoms with Crippen LogP contribution >= 0.6 is 0 Å². The van der Waals surface area contributed by atoms with Crippen molar-refractivity contribution < 1.29 is 9.21 Å². The average Bonchev–Trinajstić information content (AvgIpc) is 2.83. The topological polar surface area (TPSA) is 71.3 Å². The third kappa shape index (κ3) is 3.09. The van der Waals surface area contributed by atoms with E-state index in [1.54, 1.807) is 0 Å². The highest BCUT2D eigenvalue weighted by Crippen LogP contribution is 2.48. The van der Waals surface area contributed by atoms with Gasteiger partial charge in [0.1, 0.15) is 5.58 Å². The monoisotopic (exact) mass is 432 g/mol. The van der Waals surface area contributed by atoms with Gasteiger partial charge in [-0.25, -0.2) is 4.79 Å². The zero-order valence-electron chi connectivity index (χ0n) is 17.9. The van der Waals surface area contributed by atoms with E-state index in [0.717, 1.165) is 38.7 Å². The minimum absolute atomic E-state index is 0.126. The summed E-state index contributed by atoms with van der Waals surface area (Å²) in [5.41, 5.74) is 5.23. The SMILES string of the molecule is CC(=O)Nc1ccc([C@@H]2c3c(c4ccccc4oc3=O)Nc3ccc4ccccc4c32)cc1. The quantitative estimate of drug-likeness (QED) is 0.322. The van der Waals surface area contributed by atoms with E-state index < -0.39 is 0 Å². The average molecular weight is 432 g/mol. The van der Waals surface area contributed by atoms with Gasteiger partial charge in [-0.3, -0.25) is 4.79 Å². The van der Waals surface area contributed by atoms with Gasteiger partial charge in [0.15, 0.2) is 0 Å². The Morgan fingerprint density at radius 1 is 0.848 bits per heavy atom. The third-order valence-corrected chi connectivity index (χ3v) is 6.22. The van der Waals surface area contributed by atoms with E-state index in [1.807, 2.05) is 60.7 Å². The molecule has 1 atom stereocenters. The predicted octanol–water partition coefficient (Wildman–Crippen LogP) is 6.14. The Labute approximate surface area is 189 Å². The molecule has 0 bridgehead atoms. The van der Waals surface area contributed by atoms with Crippen LogP contribution in [0.25, 0.3) is 21.7 Å². The van der Waals surface area contributed by atoms with Gasteiger partial charge in [-0.15, -0.1) is 0 Å². The smallest absolute Gasteiger partial charge is 0.342 e. The fraction of sp³-hybridized carbons (Fsp3) is 0.0714. The van der Waals surface area contributed by atoms with Gasteiger partial charge in [0.25, 0.3) is 0 Å². The second-order valence-electron chi connectivity index (χ2n) is 8.28. The summed E-state index contributed by atoms with van der Waals surface area (Å²) in [6.45, 7) is 1.48. The van der Waals surface area contributed by atoms with E-state index in [2.05, 4.69) is 34.9 Å². The van der Waals surface area contributed by atoms with E-state index in [9.17, 15) is 9.59 Å². The van der Waals surface area contributed by atoms with Crippen molar-refractivity contribution in [3.8, 4) is 0 Å². The number of hydrogen-bond acceptors (Lipinski definition) is 4. The maximum atomic E-state index is 13.4. The van der Waals surface area contributed by atoms with Crippen LogP contribution in [-0.2, 0) is 4.79 Å². The Kier molecular flexibility index (Phi) is 4.30. The largest absolute Gasteiger partial charge is 0.422 e. The number of amides is 1. The lowest BCUT2D eigenvalue weighted by Gasteiger charge is -2.30. The maximum absolute atomic E-state index is 13.4. The van der Waals surface area contributed by atoms with Crippen molar-refractivity contribution in [3.05, 3.63) is 112 Å². The van der Waals surface area contributed by atoms with Crippen LogP contribution in [0, 0.1) is 0 Å². The molecule has 33 heavy (non-hydrogen) atoms. The van der Waals surface area contributed by atoms with E-state index in [0.29, 0.717) is 16.8 Å². The van der Waals surface area contributed by atoms with Gasteiger partial charge in [-0.2, -0.15) is 0 Å². The number of anilines is 3. The minimum Gasteiger partial charge on any atom is -0.422 e. The molecule has 0 saturated carbocycles. The van der Waals surface area contributed by atoms with Crippen molar-refractivity contribution in [3.63, 3.8) is 0 Å². The van der Waals surface area contributed by atoms with Gasteiger partial charge < -0.3 is 15.1 Å². The molecule has 5 heteroatoms. The fourth-order valence-electron chi connectivity index (χ4n) is 4.85. The molecule has 5 aromatic rings. The van der Waals surface area contributed by atoms with Gasteiger partial charge in [0, 0.05) is 29.6 Å². The second-order valence-corrected chi connectivity index (χ2v) is 8.28. The summed E-state index contributed by atoms with van der Waals surface area (Å²) in [6, 6.07) is 27.6. The molecule has 1 aliphatic rings. The van der Waals surface area contributed by atoms with Crippen LogP contribution < -0.4 is 16.3 Å². The molecule has 6 rings (SSSR count). The first-order valence-electron chi connectivity index (χ1n) is 10.8. The van der Waals surface area contributed by atoms with Crippen LogP contribution in [-0.4, -0.2) is 5.91 Å². The number of rotatable bonds is 2. The number of para-hydroxylation sites is 1. The summed E-state index contributed by atoms with van der Waals surface area (Å²) in [5.74, 6) is -0.451. The summed E-state index contributed by atoms with van der Waals surface area (Å²) >= 11 is 0. The van der Waals surface area contributed by atoms with Crippen molar-refractivity contribution in [1.82, 2.24) is 0 Å². The number of hydrogen-bond donors (Lipinski definition) is 2. The highest BCUT2D eigenvalue weighted by atomic mass is 16.4. The second kappa shape index (κ2) is 7.35. The third-order valence-electron chi connectivity index (χ3n) is 6.22. The Morgan fingerprint density at radius 3 is 2.36 bits per heavy atom. The predicted molar refractivity (Wildman–Crippen MR) is 131 cm³/mol. The zero-order valence-corrected chi connectivity index (χ0v) is 17.9. The van der Waals surface area contributed by atoms with Crippen LogP contribution in [0.4, 0.5) is 17.1 Å². The van der Waals surface area contributed by atoms with E-state index in [1.165, 1.54) is 6.92 Å². The van der Waals surface area contributed by atoms with Crippen LogP contribution in [0.3, 0.4) is 0 Å². The molecule has 1 aromatic heterocycles. The summed E-state index contributed by atoms with van der Waals surface area (Å²) < 4.78 is 5.76. The summed E-state index contributed by atoms with van der Waals surface area (Å²) in [4.78, 5) is 24.8. The lowest BCUT2D eigenvalue weighted by molar-refractivity contribution is -0.114. The number of carbonyl (C=O) groups is 1. The number of benzene rings is 4. The molecule has 4 aromatic carbocycles. The first-order valence-corrected chi connectivity index (χ1v) is 10.8. The molecule has 5 nitrogen and oxygen atoms in total. The van der Waals surface area contributed by atoms with Crippen molar-refractivity contribution >= 4 is 44.7 Å². The Bertz CT molecular complexity index is 1620. The fourth-order valence-corrected chi connectivity index (χ4v) is 4.85. The molecule has 0 aliphatic carbocycles. The van der Waals surface area contributed by atoms with Gasteiger partial charge in [-0.1, -0.05) is 54.6 Å². The Morgan fingerprint density at radius 2 is 1.58 bits per heavy atom. The molecule has 0 radical (unpaired) electrons. The van der Waals surface area contributed by atoms with Crippen LogP contribution in [0.2, 0.25) is 0 Å². The number of carbonyl (C=O) groups excluding carboxylic acids is 1. The first-order chi connectivity index (χ1) is 16.1. The molecule has 160 valence electrons. The minimum atomic E-state index is -0.356. The van der Waals surface area contributed by atoms with Crippen molar-refractivity contribution in [2.75, 3.05) is 10.6 Å². The maximum Gasteiger partial charge on any atom is 0.342 e. The van der Waals surface area contributed by atoms with Gasteiger partial charge in [0.2, 0.25) is 5.91 Å². The van der Waals surface area contributed by atoms with E-state index >= 15 is 0 Å². The molecular weight excluding hydrogens is 412 g/mol. The molecule has 0 spiro atoms. The molecule has 1 aliphatic heterocycles. The summed E-state index contributed by atoms with van der Waals surface area (Å²) in [6.07, 6.45) is 0. The highest BCUT2D eigenvalue weighted by molar-refractivity contribution is 6.00. The standard InChI is InChI=1S/C28H20N2O3/c1-16(31)29-19-13-10-18(11-14-19)24-25-20-7-3-2-6-17(20)12-15-22(25)30-27-21-8-4-5-9-23(21)33-28(32)26(24)27/h2-15,24,30H,1H3,(H,29,31)/t24-/m0/s1. The van der Waals surface area contributed by atoms with E-state index in [4.69, 9.17) is 4.42 Å². The van der Waals surface area contributed by atoms with Crippen LogP contribution in [0.5, 0.6) is 0 Å². The van der Waals surface area contributed by atoms with Gasteiger partial charge in [0.05, 0.1) is 11.3 Å². The molecule has 1 amide bonds. The number of fused-ring (bicyclic) bond motifs is 6. The molecule has 0 saturated heterocycles. The van der Waals surface area contributed by atoms with Crippen molar-refractivity contribution in [2.24, 2.45) is 0 Å². The Balaban J connectivity index is 1.67. The molecule has 2 N–H and O–H groups in total. The van der Waals surface area contributed by atoms with Crippen LogP contribution in [0.15, 0.2) is 94.1 Å². The molecule has 0 unspecified atom stereocenters. The lowest BCUT2D eigenvalue weighted by Crippen LogP contribution is -2.22. The Hall–Kier alpha value is -4.38. The molecule has 0 fully saturated rings. The van der Waals surface area contributed by atoms with Gasteiger partial charge in [-0.05, 0) is 52.2 Å². The summed E-state index contributed by atoms with van der Waals surface area (Å²) in [5, 5.41) is 9.39.